The van der Waals surface area contributed by atoms with E-state index < -0.39 is 0 Å². The molecule has 4 nitrogen and oxygen atoms in total. The normalized spacial score (nSPS) is 28.9. The molecule has 1 aromatic heterocycles. The van der Waals surface area contributed by atoms with Crippen LogP contribution in [0.3, 0.4) is 0 Å². The summed E-state index contributed by atoms with van der Waals surface area (Å²) in [5.41, 5.74) is 0.663. The zero-order chi connectivity index (χ0) is 14.3. The van der Waals surface area contributed by atoms with Gasteiger partial charge in [-0.15, -0.1) is 0 Å². The molecule has 2 aliphatic heterocycles. The molecule has 1 aromatic rings. The van der Waals surface area contributed by atoms with Gasteiger partial charge in [0.2, 0.25) is 0 Å². The molecular weight excluding hydrogens is 274 g/mol. The summed E-state index contributed by atoms with van der Waals surface area (Å²) in [5.74, 6) is -0.00287. The molecule has 0 aromatic carbocycles. The fraction of sp³-hybridized carbons (Fsp3) is 0.667. The third-order valence-corrected chi connectivity index (χ3v) is 4.62. The molecule has 5 heteroatoms. The first kappa shape index (κ1) is 14.0. The lowest BCUT2D eigenvalue weighted by molar-refractivity contribution is 0.0913. The fourth-order valence-corrected chi connectivity index (χ4v) is 3.70. The molecule has 0 saturated carbocycles. The number of aromatic nitrogens is 1. The first-order valence-electron chi connectivity index (χ1n) is 7.47. The number of rotatable bonds is 3. The Hall–Kier alpha value is -1.00. The Labute approximate surface area is 124 Å². The average molecular weight is 296 g/mol. The SMILES string of the molecule is CC(C)n1cc(Cl)cc1C(=O)NC1CC2CCC(C1)N2. The number of amides is 1. The van der Waals surface area contributed by atoms with E-state index in [0.29, 0.717) is 22.8 Å². The molecule has 2 unspecified atom stereocenters. The minimum atomic E-state index is -0.00287. The third-order valence-electron chi connectivity index (χ3n) is 4.41. The van der Waals surface area contributed by atoms with Crippen LogP contribution in [0.2, 0.25) is 5.02 Å². The van der Waals surface area contributed by atoms with Crippen LogP contribution in [0.15, 0.2) is 12.3 Å². The monoisotopic (exact) mass is 295 g/mol. The topological polar surface area (TPSA) is 46.1 Å². The second-order valence-corrected chi connectivity index (χ2v) is 6.76. The number of carbonyl (C=O) groups is 1. The summed E-state index contributed by atoms with van der Waals surface area (Å²) in [6.07, 6.45) is 6.39. The van der Waals surface area contributed by atoms with Crippen molar-refractivity contribution in [2.45, 2.75) is 63.7 Å². The van der Waals surface area contributed by atoms with Crippen LogP contribution in [0.4, 0.5) is 0 Å². The zero-order valence-corrected chi connectivity index (χ0v) is 12.8. The maximum atomic E-state index is 12.5. The van der Waals surface area contributed by atoms with Gasteiger partial charge in [0.05, 0.1) is 5.02 Å². The number of piperidine rings is 1. The molecule has 1 amide bonds. The van der Waals surface area contributed by atoms with Crippen LogP contribution in [0, 0.1) is 0 Å². The van der Waals surface area contributed by atoms with E-state index in [4.69, 9.17) is 11.6 Å². The highest BCUT2D eigenvalue weighted by Gasteiger charge is 2.34. The quantitative estimate of drug-likeness (QED) is 0.901. The summed E-state index contributed by atoms with van der Waals surface area (Å²) in [6, 6.07) is 3.44. The minimum Gasteiger partial charge on any atom is -0.348 e. The predicted octanol–water partition coefficient (Wildman–Crippen LogP) is 2.74. The Morgan fingerprint density at radius 2 is 2.05 bits per heavy atom. The summed E-state index contributed by atoms with van der Waals surface area (Å²) in [4.78, 5) is 12.5. The van der Waals surface area contributed by atoms with Gasteiger partial charge in [-0.05, 0) is 45.6 Å². The van der Waals surface area contributed by atoms with Gasteiger partial charge in [0.15, 0.2) is 0 Å². The molecule has 110 valence electrons. The number of nitrogens with one attached hydrogen (secondary N) is 2. The van der Waals surface area contributed by atoms with Crippen LogP contribution in [-0.4, -0.2) is 28.6 Å². The standard InChI is InChI=1S/C15H22ClN3O/c1-9(2)19-8-10(16)5-14(19)15(20)18-13-6-11-3-4-12(7-13)17-11/h5,8-9,11-13,17H,3-4,6-7H2,1-2H3,(H,18,20). The summed E-state index contributed by atoms with van der Waals surface area (Å²) >= 11 is 6.04. The summed E-state index contributed by atoms with van der Waals surface area (Å²) in [5, 5.41) is 7.40. The van der Waals surface area contributed by atoms with Crippen molar-refractivity contribution >= 4 is 17.5 Å². The Kier molecular flexibility index (Phi) is 3.78. The average Bonchev–Trinajstić information content (AvgIpc) is 2.93. The van der Waals surface area contributed by atoms with E-state index in [1.54, 1.807) is 6.07 Å². The third kappa shape index (κ3) is 2.72. The molecular formula is C15H22ClN3O. The summed E-state index contributed by atoms with van der Waals surface area (Å²) < 4.78 is 1.94. The zero-order valence-electron chi connectivity index (χ0n) is 12.0. The first-order valence-corrected chi connectivity index (χ1v) is 7.85. The van der Waals surface area contributed by atoms with Crippen molar-refractivity contribution in [2.75, 3.05) is 0 Å². The molecule has 2 N–H and O–H groups in total. The highest BCUT2D eigenvalue weighted by Crippen LogP contribution is 2.27. The van der Waals surface area contributed by atoms with Crippen molar-refractivity contribution in [1.29, 1.82) is 0 Å². The number of nitrogens with zero attached hydrogens (tertiary/aromatic N) is 1. The number of halogens is 1. The van der Waals surface area contributed by atoms with Gasteiger partial charge in [-0.25, -0.2) is 0 Å². The Morgan fingerprint density at radius 3 is 2.65 bits per heavy atom. The second kappa shape index (κ2) is 5.41. The molecule has 2 fully saturated rings. The van der Waals surface area contributed by atoms with Crippen molar-refractivity contribution in [2.24, 2.45) is 0 Å². The number of fused-ring (bicyclic) bond motifs is 2. The molecule has 3 rings (SSSR count). The lowest BCUT2D eigenvalue weighted by atomic mass is 10.00. The lowest BCUT2D eigenvalue weighted by Gasteiger charge is -2.29. The molecule has 0 spiro atoms. The molecule has 2 aliphatic rings. The number of hydrogen-bond acceptors (Lipinski definition) is 2. The second-order valence-electron chi connectivity index (χ2n) is 6.32. The highest BCUT2D eigenvalue weighted by molar-refractivity contribution is 6.31. The van der Waals surface area contributed by atoms with E-state index in [-0.39, 0.29) is 18.0 Å². The van der Waals surface area contributed by atoms with Crippen molar-refractivity contribution in [1.82, 2.24) is 15.2 Å². The van der Waals surface area contributed by atoms with Gasteiger partial charge < -0.3 is 15.2 Å². The van der Waals surface area contributed by atoms with Gasteiger partial charge in [0, 0.05) is 30.4 Å². The van der Waals surface area contributed by atoms with Crippen LogP contribution in [0.25, 0.3) is 0 Å². The van der Waals surface area contributed by atoms with Crippen LogP contribution in [-0.2, 0) is 0 Å². The van der Waals surface area contributed by atoms with E-state index >= 15 is 0 Å². The Balaban J connectivity index is 1.70. The van der Waals surface area contributed by atoms with Crippen molar-refractivity contribution < 1.29 is 4.79 Å². The summed E-state index contributed by atoms with van der Waals surface area (Å²) in [7, 11) is 0. The van der Waals surface area contributed by atoms with Crippen LogP contribution < -0.4 is 10.6 Å². The highest BCUT2D eigenvalue weighted by atomic mass is 35.5. The number of carbonyl (C=O) groups excluding carboxylic acids is 1. The lowest BCUT2D eigenvalue weighted by Crippen LogP contribution is -2.48. The van der Waals surface area contributed by atoms with Gasteiger partial charge in [-0.2, -0.15) is 0 Å². The molecule has 0 radical (unpaired) electrons. The Morgan fingerprint density at radius 1 is 1.40 bits per heavy atom. The van der Waals surface area contributed by atoms with Crippen LogP contribution in [0.1, 0.15) is 56.1 Å². The number of hydrogen-bond donors (Lipinski definition) is 2. The largest absolute Gasteiger partial charge is 0.348 e. The van der Waals surface area contributed by atoms with E-state index in [1.165, 1.54) is 12.8 Å². The minimum absolute atomic E-state index is 0.00287. The van der Waals surface area contributed by atoms with E-state index in [9.17, 15) is 4.79 Å². The molecule has 0 aliphatic carbocycles. The molecule has 3 heterocycles. The van der Waals surface area contributed by atoms with Crippen LogP contribution in [0.5, 0.6) is 0 Å². The van der Waals surface area contributed by atoms with Crippen molar-refractivity contribution in [3.8, 4) is 0 Å². The van der Waals surface area contributed by atoms with Gasteiger partial charge in [0.1, 0.15) is 5.69 Å². The fourth-order valence-electron chi connectivity index (χ4n) is 3.49. The smallest absolute Gasteiger partial charge is 0.268 e. The van der Waals surface area contributed by atoms with E-state index in [2.05, 4.69) is 24.5 Å². The molecule has 2 atom stereocenters. The van der Waals surface area contributed by atoms with E-state index in [1.807, 2.05) is 10.8 Å². The molecule has 20 heavy (non-hydrogen) atoms. The Bertz CT molecular complexity index is 499. The maximum Gasteiger partial charge on any atom is 0.268 e. The van der Waals surface area contributed by atoms with Gasteiger partial charge in [-0.1, -0.05) is 11.6 Å². The predicted molar refractivity (Wildman–Crippen MR) is 80.3 cm³/mol. The van der Waals surface area contributed by atoms with Gasteiger partial charge in [0.25, 0.3) is 5.91 Å². The van der Waals surface area contributed by atoms with Crippen molar-refractivity contribution in [3.63, 3.8) is 0 Å². The molecule has 2 bridgehead atoms. The van der Waals surface area contributed by atoms with Gasteiger partial charge >= 0.3 is 0 Å². The summed E-state index contributed by atoms with van der Waals surface area (Å²) in [6.45, 7) is 4.11. The molecule has 2 saturated heterocycles. The van der Waals surface area contributed by atoms with Gasteiger partial charge in [-0.3, -0.25) is 4.79 Å². The first-order chi connectivity index (χ1) is 9.52. The van der Waals surface area contributed by atoms with Crippen molar-refractivity contribution in [3.05, 3.63) is 23.0 Å². The maximum absolute atomic E-state index is 12.5. The van der Waals surface area contributed by atoms with Crippen LogP contribution >= 0.6 is 11.6 Å². The van der Waals surface area contributed by atoms with E-state index in [0.717, 1.165) is 12.8 Å².